The highest BCUT2D eigenvalue weighted by Crippen LogP contribution is 2.22. The first-order valence-electron chi connectivity index (χ1n) is 10.2. The van der Waals surface area contributed by atoms with Gasteiger partial charge in [0.1, 0.15) is 5.75 Å². The number of carbonyl (C=O) groups excluding carboxylic acids is 1. The number of urea groups is 1. The summed E-state index contributed by atoms with van der Waals surface area (Å²) in [5, 5.41) is 3.07. The summed E-state index contributed by atoms with van der Waals surface area (Å²) in [5.74, 6) is 0.864. The maximum Gasteiger partial charge on any atom is 0.317 e. The average Bonchev–Trinajstić information content (AvgIpc) is 2.98. The Morgan fingerprint density at radius 3 is 2.54 bits per heavy atom. The maximum absolute atomic E-state index is 12.4. The minimum Gasteiger partial charge on any atom is -0.497 e. The molecule has 1 aliphatic heterocycles. The molecule has 1 saturated carbocycles. The first kappa shape index (κ1) is 19.0. The number of ether oxygens (including phenoxy) is 1. The topological polar surface area (TPSA) is 44.8 Å². The number of piperazine rings is 1. The summed E-state index contributed by atoms with van der Waals surface area (Å²) in [6.07, 6.45) is 9.04. The maximum atomic E-state index is 12.4. The molecule has 1 aromatic rings. The van der Waals surface area contributed by atoms with Gasteiger partial charge >= 0.3 is 6.03 Å². The van der Waals surface area contributed by atoms with Crippen LogP contribution in [-0.4, -0.2) is 61.7 Å². The van der Waals surface area contributed by atoms with Gasteiger partial charge in [-0.25, -0.2) is 4.79 Å². The summed E-state index contributed by atoms with van der Waals surface area (Å²) < 4.78 is 5.25. The minimum absolute atomic E-state index is 0.0772. The fourth-order valence-electron chi connectivity index (χ4n) is 4.17. The molecule has 0 unspecified atom stereocenters. The van der Waals surface area contributed by atoms with Crippen LogP contribution in [0.4, 0.5) is 4.79 Å². The lowest BCUT2D eigenvalue weighted by atomic mass is 10.1. The fraction of sp³-hybridized carbons (Fsp3) is 0.667. The molecule has 1 saturated heterocycles. The number of carbonyl (C=O) groups is 1. The van der Waals surface area contributed by atoms with Crippen molar-refractivity contribution in [2.75, 3.05) is 39.8 Å². The molecule has 26 heavy (non-hydrogen) atoms. The summed E-state index contributed by atoms with van der Waals surface area (Å²) >= 11 is 0. The van der Waals surface area contributed by atoms with Crippen molar-refractivity contribution in [2.45, 2.75) is 51.0 Å². The van der Waals surface area contributed by atoms with Crippen LogP contribution in [0.3, 0.4) is 0 Å². The second-order valence-electron chi connectivity index (χ2n) is 7.50. The van der Waals surface area contributed by atoms with E-state index in [1.165, 1.54) is 44.1 Å². The van der Waals surface area contributed by atoms with Gasteiger partial charge in [-0.3, -0.25) is 4.90 Å². The zero-order chi connectivity index (χ0) is 18.2. The first-order valence-corrected chi connectivity index (χ1v) is 10.2. The van der Waals surface area contributed by atoms with Crippen molar-refractivity contribution in [3.8, 4) is 5.75 Å². The molecule has 5 heteroatoms. The molecule has 0 spiro atoms. The highest BCUT2D eigenvalue weighted by molar-refractivity contribution is 5.74. The van der Waals surface area contributed by atoms with Crippen LogP contribution in [0.25, 0.3) is 0 Å². The normalized spacial score (nSPS) is 19.8. The van der Waals surface area contributed by atoms with Gasteiger partial charge in [0, 0.05) is 38.8 Å². The molecule has 1 heterocycles. The second-order valence-corrected chi connectivity index (χ2v) is 7.50. The zero-order valence-corrected chi connectivity index (χ0v) is 16.1. The molecule has 0 atom stereocenters. The predicted octanol–water partition coefficient (Wildman–Crippen LogP) is 3.29. The summed E-state index contributed by atoms with van der Waals surface area (Å²) in [4.78, 5) is 17.0. The number of amides is 2. The van der Waals surface area contributed by atoms with Crippen molar-refractivity contribution in [1.29, 1.82) is 0 Å². The van der Waals surface area contributed by atoms with Crippen molar-refractivity contribution in [3.05, 3.63) is 29.8 Å². The summed E-state index contributed by atoms with van der Waals surface area (Å²) in [7, 11) is 1.68. The average molecular weight is 360 g/mol. The number of hydrogen-bond acceptors (Lipinski definition) is 3. The van der Waals surface area contributed by atoms with Crippen molar-refractivity contribution in [3.63, 3.8) is 0 Å². The predicted molar refractivity (Wildman–Crippen MR) is 105 cm³/mol. The molecule has 1 aliphatic carbocycles. The first-order chi connectivity index (χ1) is 12.8. The van der Waals surface area contributed by atoms with Crippen LogP contribution in [-0.2, 0) is 6.42 Å². The van der Waals surface area contributed by atoms with Crippen molar-refractivity contribution >= 4 is 6.03 Å². The van der Waals surface area contributed by atoms with Gasteiger partial charge in [-0.05, 0) is 37.0 Å². The summed E-state index contributed by atoms with van der Waals surface area (Å²) in [5.41, 5.74) is 1.18. The van der Waals surface area contributed by atoms with E-state index >= 15 is 0 Å². The van der Waals surface area contributed by atoms with Gasteiger partial charge in [0.15, 0.2) is 0 Å². The van der Waals surface area contributed by atoms with Gasteiger partial charge in [0.25, 0.3) is 0 Å². The van der Waals surface area contributed by atoms with E-state index in [1.54, 1.807) is 7.11 Å². The molecule has 144 valence electrons. The van der Waals surface area contributed by atoms with Crippen LogP contribution >= 0.6 is 0 Å². The van der Waals surface area contributed by atoms with E-state index in [0.717, 1.165) is 44.4 Å². The number of hydrogen-bond donors (Lipinski definition) is 1. The van der Waals surface area contributed by atoms with Gasteiger partial charge in [-0.15, -0.1) is 0 Å². The third-order valence-corrected chi connectivity index (χ3v) is 5.77. The van der Waals surface area contributed by atoms with Crippen LogP contribution in [0.1, 0.15) is 44.1 Å². The Kier molecular flexibility index (Phi) is 7.18. The van der Waals surface area contributed by atoms with Gasteiger partial charge in [0.05, 0.1) is 7.11 Å². The Balaban J connectivity index is 1.38. The van der Waals surface area contributed by atoms with Gasteiger partial charge in [0.2, 0.25) is 0 Å². The molecule has 1 N–H and O–H groups in total. The van der Waals surface area contributed by atoms with Gasteiger partial charge in [-0.1, -0.05) is 37.8 Å². The van der Waals surface area contributed by atoms with Crippen molar-refractivity contribution in [2.24, 2.45) is 0 Å². The molecule has 0 bridgehead atoms. The lowest BCUT2D eigenvalue weighted by Gasteiger charge is -2.39. The van der Waals surface area contributed by atoms with E-state index in [2.05, 4.69) is 16.3 Å². The number of methoxy groups -OCH3 is 1. The Bertz CT molecular complexity index is 562. The highest BCUT2D eigenvalue weighted by Gasteiger charge is 2.26. The quantitative estimate of drug-likeness (QED) is 0.821. The number of rotatable bonds is 5. The molecule has 3 rings (SSSR count). The summed E-state index contributed by atoms with van der Waals surface area (Å²) in [6, 6.07) is 8.85. The highest BCUT2D eigenvalue weighted by atomic mass is 16.5. The number of benzene rings is 1. The molecular formula is C21H33N3O2. The van der Waals surface area contributed by atoms with E-state index < -0.39 is 0 Å². The van der Waals surface area contributed by atoms with Crippen LogP contribution in [0, 0.1) is 0 Å². The van der Waals surface area contributed by atoms with E-state index in [0.29, 0.717) is 6.54 Å². The lowest BCUT2D eigenvalue weighted by molar-refractivity contribution is 0.101. The van der Waals surface area contributed by atoms with Crippen LogP contribution in [0.2, 0.25) is 0 Å². The van der Waals surface area contributed by atoms with Crippen LogP contribution in [0.5, 0.6) is 5.75 Å². The number of nitrogens with one attached hydrogen (secondary N) is 1. The molecule has 0 radical (unpaired) electrons. The van der Waals surface area contributed by atoms with E-state index in [1.807, 2.05) is 23.1 Å². The summed E-state index contributed by atoms with van der Waals surface area (Å²) in [6.45, 7) is 4.40. The van der Waals surface area contributed by atoms with E-state index in [-0.39, 0.29) is 6.03 Å². The molecular weight excluding hydrogens is 326 g/mol. The molecule has 0 aromatic heterocycles. The second kappa shape index (κ2) is 9.81. The van der Waals surface area contributed by atoms with Gasteiger partial charge < -0.3 is 15.0 Å². The number of nitrogens with zero attached hydrogens (tertiary/aromatic N) is 2. The minimum atomic E-state index is 0.0772. The Labute approximate surface area is 157 Å². The largest absolute Gasteiger partial charge is 0.497 e. The van der Waals surface area contributed by atoms with Crippen molar-refractivity contribution < 1.29 is 9.53 Å². The van der Waals surface area contributed by atoms with E-state index in [9.17, 15) is 4.79 Å². The van der Waals surface area contributed by atoms with Crippen LogP contribution < -0.4 is 10.1 Å². The molecule has 2 amide bonds. The molecule has 5 nitrogen and oxygen atoms in total. The Hall–Kier alpha value is -1.75. The van der Waals surface area contributed by atoms with E-state index in [4.69, 9.17) is 4.74 Å². The lowest BCUT2D eigenvalue weighted by Crippen LogP contribution is -2.54. The SMILES string of the molecule is COc1cccc(CCNC(=O)N2CCN(C3CCCCCC3)CC2)c1. The fourth-order valence-corrected chi connectivity index (χ4v) is 4.17. The molecule has 2 aliphatic rings. The Morgan fingerprint density at radius 1 is 1.12 bits per heavy atom. The van der Waals surface area contributed by atoms with Crippen LogP contribution in [0.15, 0.2) is 24.3 Å². The molecule has 2 fully saturated rings. The third-order valence-electron chi connectivity index (χ3n) is 5.77. The zero-order valence-electron chi connectivity index (χ0n) is 16.1. The monoisotopic (exact) mass is 359 g/mol. The third kappa shape index (κ3) is 5.37. The Morgan fingerprint density at radius 2 is 1.85 bits per heavy atom. The standard InChI is InChI=1S/C21H33N3O2/c1-26-20-10-6-7-18(17-20)11-12-22-21(25)24-15-13-23(14-16-24)19-8-4-2-3-5-9-19/h6-7,10,17,19H,2-5,8-9,11-16H2,1H3,(H,22,25). The smallest absolute Gasteiger partial charge is 0.317 e. The van der Waals surface area contributed by atoms with Gasteiger partial charge in [-0.2, -0.15) is 0 Å². The molecule has 1 aromatic carbocycles. The van der Waals surface area contributed by atoms with Crippen molar-refractivity contribution in [1.82, 2.24) is 15.1 Å².